The molecule has 0 saturated heterocycles. The highest BCUT2D eigenvalue weighted by molar-refractivity contribution is 9.11. The van der Waals surface area contributed by atoms with Crippen LogP contribution in [0.15, 0.2) is 38.4 Å². The maximum Gasteiger partial charge on any atom is 0.246 e. The van der Waals surface area contributed by atoms with E-state index in [1.807, 2.05) is 10.8 Å². The second-order valence-corrected chi connectivity index (χ2v) is 8.33. The van der Waals surface area contributed by atoms with Crippen LogP contribution < -0.4 is 5.73 Å². The Balaban J connectivity index is 2.03. The fraction of sp³-hybridized carbons (Fsp3) is 0.250. The number of benzene rings is 1. The quantitative estimate of drug-likeness (QED) is 0.733. The van der Waals surface area contributed by atoms with Crippen LogP contribution in [0.25, 0.3) is 0 Å². The normalized spacial score (nSPS) is 15.9. The van der Waals surface area contributed by atoms with Gasteiger partial charge in [-0.1, -0.05) is 15.9 Å². The molecule has 1 aliphatic rings. The van der Waals surface area contributed by atoms with E-state index in [-0.39, 0.29) is 17.1 Å². The van der Waals surface area contributed by atoms with E-state index in [0.717, 1.165) is 10.3 Å². The van der Waals surface area contributed by atoms with Gasteiger partial charge >= 0.3 is 0 Å². The van der Waals surface area contributed by atoms with E-state index >= 15 is 0 Å². The van der Waals surface area contributed by atoms with E-state index < -0.39 is 10.0 Å². The lowest BCUT2D eigenvalue weighted by Gasteiger charge is -2.27. The van der Waals surface area contributed by atoms with Gasteiger partial charge in [0.05, 0.1) is 12.2 Å². The zero-order chi connectivity index (χ0) is 15.2. The van der Waals surface area contributed by atoms with Crippen LogP contribution in [0.2, 0.25) is 0 Å². The van der Waals surface area contributed by atoms with Crippen molar-refractivity contribution in [3.63, 3.8) is 0 Å². The first-order valence-corrected chi connectivity index (χ1v) is 9.17. The molecule has 112 valence electrons. The highest BCUT2D eigenvalue weighted by Gasteiger charge is 2.32. The highest BCUT2D eigenvalue weighted by Crippen LogP contribution is 2.34. The summed E-state index contributed by atoms with van der Waals surface area (Å²) in [7, 11) is -3.67. The average molecular weight is 436 g/mol. The van der Waals surface area contributed by atoms with Crippen molar-refractivity contribution >= 4 is 47.6 Å². The van der Waals surface area contributed by atoms with Crippen LogP contribution >= 0.6 is 31.9 Å². The van der Waals surface area contributed by atoms with Gasteiger partial charge in [-0.2, -0.15) is 4.31 Å². The lowest BCUT2D eigenvalue weighted by atomic mass is 10.3. The molecule has 21 heavy (non-hydrogen) atoms. The standard InChI is InChI=1S/C12H12Br2N4O2S/c13-8-5-9(14)12(10(15)6-8)21(19,20)18-4-3-17-2-1-16-11(17)7-18/h1-2,5-6H,3-4,7,15H2. The van der Waals surface area contributed by atoms with Gasteiger partial charge in [0.15, 0.2) is 0 Å². The summed E-state index contributed by atoms with van der Waals surface area (Å²) in [5.74, 6) is 0.733. The molecular formula is C12H12Br2N4O2S. The Morgan fingerprint density at radius 2 is 2.00 bits per heavy atom. The van der Waals surface area contributed by atoms with Crippen LogP contribution in [0, 0.1) is 0 Å². The van der Waals surface area contributed by atoms with Crippen molar-refractivity contribution in [2.45, 2.75) is 18.0 Å². The Hall–Kier alpha value is -0.900. The molecule has 2 N–H and O–H groups in total. The molecule has 2 heterocycles. The molecule has 2 aromatic rings. The molecule has 9 heteroatoms. The van der Waals surface area contributed by atoms with Gasteiger partial charge in [0.1, 0.15) is 10.7 Å². The second-order valence-electron chi connectivity index (χ2n) is 4.68. The van der Waals surface area contributed by atoms with Gasteiger partial charge in [-0.15, -0.1) is 0 Å². The molecule has 1 aromatic heterocycles. The third kappa shape index (κ3) is 2.63. The van der Waals surface area contributed by atoms with Crippen molar-refractivity contribution < 1.29 is 8.42 Å². The predicted octanol–water partition coefficient (Wildman–Crippen LogP) is 2.19. The van der Waals surface area contributed by atoms with Gasteiger partial charge < -0.3 is 10.3 Å². The molecule has 0 aliphatic carbocycles. The molecule has 0 fully saturated rings. The molecule has 0 unspecified atom stereocenters. The van der Waals surface area contributed by atoms with Crippen LogP contribution in [0.4, 0.5) is 5.69 Å². The number of imidazole rings is 1. The number of aromatic nitrogens is 2. The number of fused-ring (bicyclic) bond motifs is 1. The minimum absolute atomic E-state index is 0.103. The Morgan fingerprint density at radius 1 is 1.24 bits per heavy atom. The summed E-state index contributed by atoms with van der Waals surface area (Å²) < 4.78 is 30.2. The molecule has 0 spiro atoms. The monoisotopic (exact) mass is 434 g/mol. The Labute approximate surface area is 139 Å². The predicted molar refractivity (Wildman–Crippen MR) is 86.1 cm³/mol. The second kappa shape index (κ2) is 5.38. The minimum Gasteiger partial charge on any atom is -0.398 e. The molecular weight excluding hydrogens is 424 g/mol. The lowest BCUT2D eigenvalue weighted by Crippen LogP contribution is -2.38. The number of nitrogen functional groups attached to an aromatic ring is 1. The number of hydrogen-bond acceptors (Lipinski definition) is 4. The molecule has 0 saturated carbocycles. The number of sulfonamides is 1. The Morgan fingerprint density at radius 3 is 2.71 bits per heavy atom. The molecule has 1 aliphatic heterocycles. The third-order valence-electron chi connectivity index (χ3n) is 3.34. The van der Waals surface area contributed by atoms with Gasteiger partial charge in [-0.3, -0.25) is 0 Å². The SMILES string of the molecule is Nc1cc(Br)cc(Br)c1S(=O)(=O)N1CCn2ccnc2C1. The summed E-state index contributed by atoms with van der Waals surface area (Å²) in [4.78, 5) is 4.28. The van der Waals surface area contributed by atoms with Gasteiger partial charge in [0.2, 0.25) is 10.0 Å². The summed E-state index contributed by atoms with van der Waals surface area (Å²) >= 11 is 6.58. The van der Waals surface area contributed by atoms with Crippen molar-refractivity contribution in [1.82, 2.24) is 13.9 Å². The molecule has 3 rings (SSSR count). The molecule has 6 nitrogen and oxygen atoms in total. The summed E-state index contributed by atoms with van der Waals surface area (Å²) in [5.41, 5.74) is 6.12. The van der Waals surface area contributed by atoms with E-state index in [4.69, 9.17) is 5.73 Å². The fourth-order valence-corrected chi connectivity index (χ4v) is 5.74. The van der Waals surface area contributed by atoms with E-state index in [2.05, 4.69) is 36.8 Å². The van der Waals surface area contributed by atoms with Crippen LogP contribution in [-0.2, 0) is 23.1 Å². The van der Waals surface area contributed by atoms with Crippen LogP contribution in [0.3, 0.4) is 0 Å². The van der Waals surface area contributed by atoms with Crippen molar-refractivity contribution in [2.24, 2.45) is 0 Å². The average Bonchev–Trinajstić information content (AvgIpc) is 2.83. The number of nitrogens with zero attached hydrogens (tertiary/aromatic N) is 3. The molecule has 0 bridgehead atoms. The molecule has 0 atom stereocenters. The first-order chi connectivity index (χ1) is 9.89. The molecule has 1 aromatic carbocycles. The summed E-state index contributed by atoms with van der Waals surface area (Å²) in [6, 6.07) is 3.26. The van der Waals surface area contributed by atoms with E-state index in [1.165, 1.54) is 4.31 Å². The van der Waals surface area contributed by atoms with Gasteiger partial charge in [0.25, 0.3) is 0 Å². The maximum atomic E-state index is 12.8. The van der Waals surface area contributed by atoms with E-state index in [9.17, 15) is 8.42 Å². The molecule has 0 amide bonds. The number of rotatable bonds is 2. The van der Waals surface area contributed by atoms with E-state index in [0.29, 0.717) is 17.6 Å². The fourth-order valence-electron chi connectivity index (χ4n) is 2.34. The number of nitrogens with two attached hydrogens (primary N) is 1. The number of hydrogen-bond donors (Lipinski definition) is 1. The van der Waals surface area contributed by atoms with Crippen molar-refractivity contribution in [3.05, 3.63) is 39.3 Å². The van der Waals surface area contributed by atoms with Crippen molar-refractivity contribution in [1.29, 1.82) is 0 Å². The molecule has 0 radical (unpaired) electrons. The zero-order valence-corrected chi connectivity index (χ0v) is 14.8. The summed E-state index contributed by atoms with van der Waals surface area (Å²) in [6.45, 7) is 1.23. The first kappa shape index (κ1) is 15.0. The van der Waals surface area contributed by atoms with E-state index in [1.54, 1.807) is 18.3 Å². The van der Waals surface area contributed by atoms with Crippen LogP contribution in [-0.4, -0.2) is 28.8 Å². The number of anilines is 1. The third-order valence-corrected chi connectivity index (χ3v) is 6.65. The van der Waals surface area contributed by atoms with Gasteiger partial charge in [0, 0.05) is 34.4 Å². The smallest absolute Gasteiger partial charge is 0.246 e. The van der Waals surface area contributed by atoms with Crippen molar-refractivity contribution in [2.75, 3.05) is 12.3 Å². The van der Waals surface area contributed by atoms with Crippen LogP contribution in [0.5, 0.6) is 0 Å². The number of halogens is 2. The summed E-state index contributed by atoms with van der Waals surface area (Å²) in [5, 5.41) is 0. The van der Waals surface area contributed by atoms with Crippen molar-refractivity contribution in [3.8, 4) is 0 Å². The highest BCUT2D eigenvalue weighted by atomic mass is 79.9. The Bertz CT molecular complexity index is 780. The largest absolute Gasteiger partial charge is 0.398 e. The lowest BCUT2D eigenvalue weighted by molar-refractivity contribution is 0.335. The first-order valence-electron chi connectivity index (χ1n) is 6.14. The topological polar surface area (TPSA) is 81.2 Å². The van der Waals surface area contributed by atoms with Gasteiger partial charge in [-0.05, 0) is 28.1 Å². The minimum atomic E-state index is -3.67. The maximum absolute atomic E-state index is 12.8. The van der Waals surface area contributed by atoms with Gasteiger partial charge in [-0.25, -0.2) is 13.4 Å². The zero-order valence-electron chi connectivity index (χ0n) is 10.8. The Kier molecular flexibility index (Phi) is 3.85. The van der Waals surface area contributed by atoms with Crippen LogP contribution in [0.1, 0.15) is 5.82 Å². The summed E-state index contributed by atoms with van der Waals surface area (Å²) in [6.07, 6.45) is 3.53.